The van der Waals surface area contributed by atoms with Gasteiger partial charge in [-0.15, -0.1) is 0 Å². The molecule has 0 spiro atoms. The summed E-state index contributed by atoms with van der Waals surface area (Å²) < 4.78 is 13.7. The van der Waals surface area contributed by atoms with Gasteiger partial charge in [0.15, 0.2) is 5.82 Å². The Morgan fingerprint density at radius 3 is 2.65 bits per heavy atom. The Balaban J connectivity index is 2.50. The first-order valence-corrected chi connectivity index (χ1v) is 6.78. The molecule has 104 valence electrons. The van der Waals surface area contributed by atoms with Crippen molar-refractivity contribution >= 4 is 29.3 Å². The summed E-state index contributed by atoms with van der Waals surface area (Å²) >= 11 is 6.50. The summed E-state index contributed by atoms with van der Waals surface area (Å²) in [5.74, 6) is -1.72. The molecule has 0 saturated heterocycles. The third-order valence-electron chi connectivity index (χ3n) is 2.49. The molecule has 2 heterocycles. The van der Waals surface area contributed by atoms with E-state index in [1.807, 2.05) is 0 Å². The molecular weight excluding hydrogens is 303 g/mol. The Morgan fingerprint density at radius 2 is 2.05 bits per heavy atom. The van der Waals surface area contributed by atoms with Crippen LogP contribution in [-0.4, -0.2) is 21.0 Å². The van der Waals surface area contributed by atoms with Crippen LogP contribution in [0.4, 0.5) is 4.39 Å². The zero-order chi connectivity index (χ0) is 14.9. The number of carbonyl (C=O) groups is 1. The van der Waals surface area contributed by atoms with Gasteiger partial charge in [-0.2, -0.15) is 0 Å². The van der Waals surface area contributed by atoms with E-state index in [0.29, 0.717) is 11.3 Å². The Morgan fingerprint density at radius 1 is 1.35 bits per heavy atom. The van der Waals surface area contributed by atoms with E-state index in [0.717, 1.165) is 17.8 Å². The number of hydrogen-bond donors (Lipinski definition) is 1. The first-order chi connectivity index (χ1) is 9.38. The number of nitrogens with zero attached hydrogens (tertiary/aromatic N) is 2. The van der Waals surface area contributed by atoms with Crippen molar-refractivity contribution in [2.45, 2.75) is 23.9 Å². The second-order valence-corrected chi connectivity index (χ2v) is 5.52. The van der Waals surface area contributed by atoms with Crippen molar-refractivity contribution in [3.05, 3.63) is 46.0 Å². The first kappa shape index (κ1) is 14.7. The minimum Gasteiger partial charge on any atom is -0.478 e. The molecule has 2 rings (SSSR count). The zero-order valence-corrected chi connectivity index (χ0v) is 12.2. The molecule has 0 amide bonds. The van der Waals surface area contributed by atoms with Crippen LogP contribution in [0.15, 0.2) is 28.4 Å². The normalized spacial score (nSPS) is 10.6. The maximum absolute atomic E-state index is 13.7. The average Bonchev–Trinajstić information content (AvgIpc) is 2.31. The van der Waals surface area contributed by atoms with Crippen molar-refractivity contribution in [2.24, 2.45) is 0 Å². The fourth-order valence-electron chi connectivity index (χ4n) is 1.71. The molecule has 0 fully saturated rings. The van der Waals surface area contributed by atoms with Gasteiger partial charge in [0.1, 0.15) is 10.1 Å². The molecule has 0 atom stereocenters. The summed E-state index contributed by atoms with van der Waals surface area (Å²) in [6.45, 7) is 3.42. The van der Waals surface area contributed by atoms with Crippen LogP contribution >= 0.6 is 23.4 Å². The first-order valence-electron chi connectivity index (χ1n) is 5.59. The monoisotopic (exact) mass is 312 g/mol. The molecule has 7 heteroatoms. The van der Waals surface area contributed by atoms with E-state index < -0.39 is 11.8 Å². The van der Waals surface area contributed by atoms with Crippen molar-refractivity contribution < 1.29 is 14.3 Å². The molecule has 2 aromatic heterocycles. The van der Waals surface area contributed by atoms with Crippen LogP contribution in [0.3, 0.4) is 0 Å². The van der Waals surface area contributed by atoms with E-state index in [4.69, 9.17) is 11.6 Å². The maximum Gasteiger partial charge on any atom is 0.338 e. The third-order valence-corrected chi connectivity index (χ3v) is 3.68. The van der Waals surface area contributed by atoms with Crippen molar-refractivity contribution in [1.29, 1.82) is 0 Å². The van der Waals surface area contributed by atoms with Gasteiger partial charge >= 0.3 is 5.97 Å². The fraction of sp³-hybridized carbons (Fsp3) is 0.154. The molecule has 4 nitrogen and oxygen atoms in total. The van der Waals surface area contributed by atoms with Gasteiger partial charge in [0, 0.05) is 11.9 Å². The number of carboxylic acids is 1. The quantitative estimate of drug-likeness (QED) is 0.935. The molecule has 0 aliphatic rings. The molecule has 0 aliphatic carbocycles. The summed E-state index contributed by atoms with van der Waals surface area (Å²) in [5, 5.41) is 9.67. The lowest BCUT2D eigenvalue weighted by molar-refractivity contribution is 0.0691. The predicted molar refractivity (Wildman–Crippen MR) is 74.0 cm³/mol. The Hall–Kier alpha value is -1.66. The van der Waals surface area contributed by atoms with Gasteiger partial charge in [0.25, 0.3) is 0 Å². The van der Waals surface area contributed by atoms with Gasteiger partial charge in [-0.25, -0.2) is 19.2 Å². The second kappa shape index (κ2) is 5.76. The van der Waals surface area contributed by atoms with E-state index in [1.165, 1.54) is 6.20 Å². The molecule has 1 N–H and O–H groups in total. The number of hydrogen-bond acceptors (Lipinski definition) is 4. The van der Waals surface area contributed by atoms with Gasteiger partial charge in [-0.05, 0) is 43.3 Å². The summed E-state index contributed by atoms with van der Waals surface area (Å²) in [6, 6.07) is 2.79. The van der Waals surface area contributed by atoms with Crippen LogP contribution in [-0.2, 0) is 0 Å². The van der Waals surface area contributed by atoms with Crippen molar-refractivity contribution in [3.63, 3.8) is 0 Å². The standard InChI is InChI=1S/C13H10ClFN2O2S/c1-6-3-7(2)17-12(10(6)13(18)19)20-11-9(15)4-8(14)5-16-11/h3-5H,1-2H3,(H,18,19). The highest BCUT2D eigenvalue weighted by Gasteiger charge is 2.18. The molecule has 0 bridgehead atoms. The summed E-state index contributed by atoms with van der Waals surface area (Å²) in [4.78, 5) is 19.3. The number of carboxylic acid groups (broad SMARTS) is 1. The van der Waals surface area contributed by atoms with Gasteiger partial charge < -0.3 is 5.11 Å². The maximum atomic E-state index is 13.7. The lowest BCUT2D eigenvalue weighted by atomic mass is 10.1. The molecule has 0 saturated carbocycles. The van der Waals surface area contributed by atoms with Crippen molar-refractivity contribution in [2.75, 3.05) is 0 Å². The number of aromatic nitrogens is 2. The summed E-state index contributed by atoms with van der Waals surface area (Å²) in [6.07, 6.45) is 1.30. The van der Waals surface area contributed by atoms with E-state index >= 15 is 0 Å². The number of pyridine rings is 2. The highest BCUT2D eigenvalue weighted by molar-refractivity contribution is 7.99. The molecule has 2 aromatic rings. The number of aromatic carboxylic acids is 1. The Kier molecular flexibility index (Phi) is 4.25. The van der Waals surface area contributed by atoms with Crippen LogP contribution in [0.5, 0.6) is 0 Å². The third kappa shape index (κ3) is 3.08. The van der Waals surface area contributed by atoms with Gasteiger partial charge in [0.05, 0.1) is 10.6 Å². The number of aryl methyl sites for hydroxylation is 2. The van der Waals surface area contributed by atoms with Crippen molar-refractivity contribution in [1.82, 2.24) is 9.97 Å². The van der Waals surface area contributed by atoms with Crippen LogP contribution < -0.4 is 0 Å². The average molecular weight is 313 g/mol. The van der Waals surface area contributed by atoms with Crippen molar-refractivity contribution in [3.8, 4) is 0 Å². The summed E-state index contributed by atoms with van der Waals surface area (Å²) in [7, 11) is 0. The minimum absolute atomic E-state index is 0.0365. The number of rotatable bonds is 3. The highest BCUT2D eigenvalue weighted by Crippen LogP contribution is 2.31. The van der Waals surface area contributed by atoms with Gasteiger partial charge in [-0.1, -0.05) is 11.6 Å². The van der Waals surface area contributed by atoms with Gasteiger partial charge in [-0.3, -0.25) is 0 Å². The van der Waals surface area contributed by atoms with E-state index in [1.54, 1.807) is 19.9 Å². The second-order valence-electron chi connectivity index (χ2n) is 4.11. The molecule has 0 unspecified atom stereocenters. The van der Waals surface area contributed by atoms with Gasteiger partial charge in [0.2, 0.25) is 0 Å². The minimum atomic E-state index is -1.10. The van der Waals surface area contributed by atoms with Crippen LogP contribution in [0, 0.1) is 19.7 Å². The van der Waals surface area contributed by atoms with Crippen LogP contribution in [0.25, 0.3) is 0 Å². The summed E-state index contributed by atoms with van der Waals surface area (Å²) in [5.41, 5.74) is 1.28. The lowest BCUT2D eigenvalue weighted by Gasteiger charge is -2.09. The molecule has 0 aliphatic heterocycles. The largest absolute Gasteiger partial charge is 0.478 e. The molecular formula is C13H10ClFN2O2S. The van der Waals surface area contributed by atoms with E-state index in [-0.39, 0.29) is 20.6 Å². The SMILES string of the molecule is Cc1cc(C)c(C(=O)O)c(Sc2ncc(Cl)cc2F)n1. The van der Waals surface area contributed by atoms with Crippen LogP contribution in [0.1, 0.15) is 21.6 Å². The molecule has 0 radical (unpaired) electrons. The predicted octanol–water partition coefficient (Wildman–Crippen LogP) is 3.74. The molecule has 0 aromatic carbocycles. The van der Waals surface area contributed by atoms with E-state index in [9.17, 15) is 14.3 Å². The fourth-order valence-corrected chi connectivity index (χ4v) is 2.83. The van der Waals surface area contributed by atoms with Crippen LogP contribution in [0.2, 0.25) is 5.02 Å². The smallest absolute Gasteiger partial charge is 0.338 e. The number of halogens is 2. The molecule has 20 heavy (non-hydrogen) atoms. The Labute approximate surface area is 124 Å². The zero-order valence-electron chi connectivity index (χ0n) is 10.6. The highest BCUT2D eigenvalue weighted by atomic mass is 35.5. The lowest BCUT2D eigenvalue weighted by Crippen LogP contribution is -2.05. The topological polar surface area (TPSA) is 63.1 Å². The van der Waals surface area contributed by atoms with E-state index in [2.05, 4.69) is 9.97 Å². The Bertz CT molecular complexity index is 694.